The Morgan fingerprint density at radius 2 is 1.57 bits per heavy atom. The van der Waals surface area contributed by atoms with E-state index in [0.717, 1.165) is 50.0 Å². The highest BCUT2D eigenvalue weighted by Crippen LogP contribution is 2.71. The number of hydrogen-bond donors (Lipinski definition) is 0. The highest BCUT2D eigenvalue weighted by atomic mass is 16.7. The fourth-order valence-electron chi connectivity index (χ4n) is 12.1. The summed E-state index contributed by atoms with van der Waals surface area (Å²) in [5, 5.41) is 0. The zero-order valence-electron chi connectivity index (χ0n) is 29.1. The molecule has 6 fully saturated rings. The smallest absolute Gasteiger partial charge is 0.332 e. The van der Waals surface area contributed by atoms with Crippen LogP contribution in [0.1, 0.15) is 150 Å². The largest absolute Gasteiger partial charge is 0.461 e. The monoisotopic (exact) mass is 614 g/mol. The van der Waals surface area contributed by atoms with Crippen molar-refractivity contribution >= 4 is 5.97 Å². The number of rotatable bonds is 12. The number of carbonyl (C=O) groups is 1. The third kappa shape index (κ3) is 6.30. The third-order valence-corrected chi connectivity index (χ3v) is 14.5. The van der Waals surface area contributed by atoms with Crippen molar-refractivity contribution in [1.82, 2.24) is 0 Å². The highest BCUT2D eigenvalue weighted by Gasteiger charge is 2.69. The Kier molecular flexibility index (Phi) is 10.5. The van der Waals surface area contributed by atoms with Crippen molar-refractivity contribution in [3.63, 3.8) is 0 Å². The van der Waals surface area contributed by atoms with Gasteiger partial charge in [-0.05, 0) is 111 Å². The molecule has 0 radical (unpaired) electrons. The van der Waals surface area contributed by atoms with Crippen LogP contribution < -0.4 is 0 Å². The second-order valence-electron chi connectivity index (χ2n) is 17.1. The van der Waals surface area contributed by atoms with E-state index >= 15 is 0 Å². The topological polar surface area (TPSA) is 54.0 Å². The molecule has 0 aromatic carbocycles. The van der Waals surface area contributed by atoms with Crippen LogP contribution in [-0.2, 0) is 23.7 Å². The van der Waals surface area contributed by atoms with Gasteiger partial charge >= 0.3 is 5.97 Å². The quantitative estimate of drug-likeness (QED) is 0.162. The molecule has 2 heterocycles. The predicted octanol–water partition coefficient (Wildman–Crippen LogP) is 9.50. The lowest BCUT2D eigenvalue weighted by molar-refractivity contribution is -0.273. The molecule has 2 saturated heterocycles. The van der Waals surface area contributed by atoms with E-state index in [-0.39, 0.29) is 24.5 Å². The highest BCUT2D eigenvalue weighted by molar-refractivity contribution is 5.70. The average molecular weight is 615 g/mol. The summed E-state index contributed by atoms with van der Waals surface area (Å²) in [4.78, 5) is 12.7. The third-order valence-electron chi connectivity index (χ3n) is 14.5. The Bertz CT molecular complexity index is 958. The molecule has 5 nitrogen and oxygen atoms in total. The van der Waals surface area contributed by atoms with Gasteiger partial charge in [0.05, 0.1) is 12.7 Å². The molecule has 2 aliphatic heterocycles. The Morgan fingerprint density at radius 1 is 0.818 bits per heavy atom. The van der Waals surface area contributed by atoms with Crippen LogP contribution in [0.4, 0.5) is 0 Å². The second kappa shape index (κ2) is 13.8. The first-order valence-electron chi connectivity index (χ1n) is 19.3. The van der Waals surface area contributed by atoms with Gasteiger partial charge < -0.3 is 18.9 Å². The standard InChI is InChI=1S/C39H66O5/c1-6-7-8-9-10-11-12-13-22-41-26-35(40)43-30-17-19-37(4)29(23-30)14-15-31-32(37)18-20-38(5)33(31)24-34-36(38)28(3)39(44-34)21-16-27(2)25-42-39/h27-34,36H,6-26H2,1-5H3/t27-,28+,29?,30-,31-,32?,33?,34+,36+,37+,38+,39-/m1/s1. The maximum Gasteiger partial charge on any atom is 0.332 e. The van der Waals surface area contributed by atoms with Crippen molar-refractivity contribution in [1.29, 1.82) is 0 Å². The van der Waals surface area contributed by atoms with Gasteiger partial charge in [-0.25, -0.2) is 4.79 Å². The minimum atomic E-state index is -0.315. The molecule has 0 N–H and O–H groups in total. The van der Waals surface area contributed by atoms with Crippen molar-refractivity contribution in [3.8, 4) is 0 Å². The number of fused-ring (bicyclic) bond motifs is 7. The predicted molar refractivity (Wildman–Crippen MR) is 175 cm³/mol. The van der Waals surface area contributed by atoms with E-state index in [9.17, 15) is 4.79 Å². The van der Waals surface area contributed by atoms with Gasteiger partial charge in [0.15, 0.2) is 5.79 Å². The second-order valence-corrected chi connectivity index (χ2v) is 17.1. The maximum atomic E-state index is 12.7. The van der Waals surface area contributed by atoms with Crippen molar-refractivity contribution in [2.75, 3.05) is 19.8 Å². The lowest BCUT2D eigenvalue weighted by Gasteiger charge is -2.61. The molecule has 0 aromatic rings. The summed E-state index contributed by atoms with van der Waals surface area (Å²) in [6.45, 7) is 14.0. The first-order valence-corrected chi connectivity index (χ1v) is 19.3. The lowest BCUT2D eigenvalue weighted by atomic mass is 9.44. The van der Waals surface area contributed by atoms with Gasteiger partial charge in [0.2, 0.25) is 0 Å². The van der Waals surface area contributed by atoms with Crippen LogP contribution in [0.5, 0.6) is 0 Å². The molecule has 0 amide bonds. The molecular formula is C39H66O5. The van der Waals surface area contributed by atoms with E-state index in [1.165, 1.54) is 89.9 Å². The zero-order chi connectivity index (χ0) is 31.0. The summed E-state index contributed by atoms with van der Waals surface area (Å²) in [6.07, 6.45) is 22.9. The van der Waals surface area contributed by atoms with Gasteiger partial charge in [-0.15, -0.1) is 0 Å². The Morgan fingerprint density at radius 3 is 2.32 bits per heavy atom. The molecule has 4 saturated carbocycles. The van der Waals surface area contributed by atoms with Gasteiger partial charge in [-0.3, -0.25) is 0 Å². The van der Waals surface area contributed by atoms with E-state index in [2.05, 4.69) is 34.6 Å². The average Bonchev–Trinajstić information content (AvgIpc) is 3.45. The molecule has 6 rings (SSSR count). The number of ether oxygens (including phenoxy) is 4. The van der Waals surface area contributed by atoms with Crippen molar-refractivity contribution < 1.29 is 23.7 Å². The van der Waals surface area contributed by atoms with Gasteiger partial charge in [0.1, 0.15) is 12.7 Å². The van der Waals surface area contributed by atoms with Crippen LogP contribution in [-0.4, -0.2) is 43.8 Å². The van der Waals surface area contributed by atoms with E-state index < -0.39 is 0 Å². The molecule has 3 unspecified atom stereocenters. The number of esters is 1. The Labute approximate surface area is 269 Å². The fraction of sp³-hybridized carbons (Fsp3) is 0.974. The minimum absolute atomic E-state index is 0.0761. The van der Waals surface area contributed by atoms with Crippen molar-refractivity contribution in [3.05, 3.63) is 0 Å². The van der Waals surface area contributed by atoms with Crippen LogP contribution in [0.3, 0.4) is 0 Å². The Balaban J connectivity index is 0.960. The first-order chi connectivity index (χ1) is 21.2. The lowest BCUT2D eigenvalue weighted by Crippen LogP contribution is -2.55. The molecule has 12 atom stereocenters. The molecule has 5 heteroatoms. The summed E-state index contributed by atoms with van der Waals surface area (Å²) in [5.41, 5.74) is 0.764. The Hall–Kier alpha value is -0.650. The van der Waals surface area contributed by atoms with Crippen LogP contribution in [0.2, 0.25) is 0 Å². The van der Waals surface area contributed by atoms with E-state index in [1.807, 2.05) is 0 Å². The zero-order valence-corrected chi connectivity index (χ0v) is 29.1. The summed E-state index contributed by atoms with van der Waals surface area (Å²) in [6, 6.07) is 0. The van der Waals surface area contributed by atoms with Crippen LogP contribution >= 0.6 is 0 Å². The molecule has 0 bridgehead atoms. The summed E-state index contributed by atoms with van der Waals surface area (Å²) in [5.74, 6) is 4.41. The van der Waals surface area contributed by atoms with Crippen LogP contribution in [0, 0.1) is 52.3 Å². The van der Waals surface area contributed by atoms with Crippen molar-refractivity contribution in [2.24, 2.45) is 52.3 Å². The molecule has 252 valence electrons. The number of hydrogen-bond acceptors (Lipinski definition) is 5. The minimum Gasteiger partial charge on any atom is -0.461 e. The molecule has 44 heavy (non-hydrogen) atoms. The molecule has 6 aliphatic rings. The summed E-state index contributed by atoms with van der Waals surface area (Å²) < 4.78 is 25.3. The van der Waals surface area contributed by atoms with E-state index in [1.54, 1.807) is 0 Å². The summed E-state index contributed by atoms with van der Waals surface area (Å²) >= 11 is 0. The van der Waals surface area contributed by atoms with Crippen LogP contribution in [0.25, 0.3) is 0 Å². The first kappa shape index (κ1) is 33.3. The fourth-order valence-corrected chi connectivity index (χ4v) is 12.1. The number of carbonyl (C=O) groups excluding carboxylic acids is 1. The molecule has 0 aromatic heterocycles. The van der Waals surface area contributed by atoms with Crippen LogP contribution in [0.15, 0.2) is 0 Å². The van der Waals surface area contributed by atoms with Crippen molar-refractivity contribution in [2.45, 2.75) is 168 Å². The van der Waals surface area contributed by atoms with Gasteiger partial charge in [0, 0.05) is 18.9 Å². The number of unbranched alkanes of at least 4 members (excludes halogenated alkanes) is 7. The van der Waals surface area contributed by atoms with Gasteiger partial charge in [-0.1, -0.05) is 79.6 Å². The SMILES string of the molecule is CCCCCCCCCCOCC(=O)O[C@@H]1CC[C@@]2(C)C(CC[C@@H]3C2CC[C@@]2(C)C3C[C@@H]3O[C@]4(CC[C@@H](C)CO4)[C@@H](C)[C@@H]32)C1. The normalized spacial score (nSPS) is 46.2. The van der Waals surface area contributed by atoms with E-state index in [0.29, 0.717) is 47.2 Å². The van der Waals surface area contributed by atoms with Gasteiger partial charge in [0.25, 0.3) is 0 Å². The maximum absolute atomic E-state index is 12.7. The van der Waals surface area contributed by atoms with E-state index in [4.69, 9.17) is 18.9 Å². The van der Waals surface area contributed by atoms with Gasteiger partial charge in [-0.2, -0.15) is 0 Å². The molecule has 4 aliphatic carbocycles. The summed E-state index contributed by atoms with van der Waals surface area (Å²) in [7, 11) is 0. The molecular weight excluding hydrogens is 548 g/mol. The molecule has 1 spiro atoms.